The van der Waals surface area contributed by atoms with Gasteiger partial charge in [-0.05, 0) is 64.9 Å². The normalized spacial score (nSPS) is 15.3. The standard InChI is InChI=1S/C24H21NO4S/c1-3-29-21-13-16(9-11-20(21)28-2)14-22-23(26)25(24(27)30-22)15-17-8-10-18-6-4-5-7-19(18)12-17/h4-14H,3,15H2,1-2H3/b22-14-. The summed E-state index contributed by atoms with van der Waals surface area (Å²) < 4.78 is 10.9. The summed E-state index contributed by atoms with van der Waals surface area (Å²) in [7, 11) is 1.58. The van der Waals surface area contributed by atoms with Gasteiger partial charge in [0.15, 0.2) is 11.5 Å². The van der Waals surface area contributed by atoms with Gasteiger partial charge in [0.1, 0.15) is 0 Å². The van der Waals surface area contributed by atoms with Crippen LogP contribution in [0, 0.1) is 0 Å². The molecule has 0 radical (unpaired) electrons. The predicted molar refractivity (Wildman–Crippen MR) is 120 cm³/mol. The Labute approximate surface area is 179 Å². The van der Waals surface area contributed by atoms with Crippen molar-refractivity contribution in [1.29, 1.82) is 0 Å². The number of hydrogen-bond donors (Lipinski definition) is 0. The second-order valence-electron chi connectivity index (χ2n) is 6.79. The summed E-state index contributed by atoms with van der Waals surface area (Å²) in [5.74, 6) is 0.939. The van der Waals surface area contributed by atoms with E-state index >= 15 is 0 Å². The smallest absolute Gasteiger partial charge is 0.293 e. The molecule has 1 aliphatic heterocycles. The van der Waals surface area contributed by atoms with E-state index in [2.05, 4.69) is 0 Å². The van der Waals surface area contributed by atoms with E-state index in [1.54, 1.807) is 25.3 Å². The van der Waals surface area contributed by atoms with Crippen LogP contribution < -0.4 is 9.47 Å². The first-order valence-electron chi connectivity index (χ1n) is 9.63. The average Bonchev–Trinajstić information content (AvgIpc) is 3.01. The number of thioether (sulfide) groups is 1. The van der Waals surface area contributed by atoms with Crippen LogP contribution in [0.15, 0.2) is 65.6 Å². The number of carbonyl (C=O) groups is 2. The van der Waals surface area contributed by atoms with Crippen LogP contribution in [0.4, 0.5) is 4.79 Å². The first-order chi connectivity index (χ1) is 14.6. The molecular formula is C24H21NO4S. The maximum absolute atomic E-state index is 12.9. The number of ether oxygens (including phenoxy) is 2. The molecule has 152 valence electrons. The molecule has 0 atom stereocenters. The molecule has 1 fully saturated rings. The molecule has 1 saturated heterocycles. The third-order valence-corrected chi connectivity index (χ3v) is 5.72. The van der Waals surface area contributed by atoms with Gasteiger partial charge in [0, 0.05) is 0 Å². The molecule has 6 heteroatoms. The monoisotopic (exact) mass is 419 g/mol. The van der Waals surface area contributed by atoms with Gasteiger partial charge in [-0.15, -0.1) is 0 Å². The lowest BCUT2D eigenvalue weighted by molar-refractivity contribution is -0.123. The number of imide groups is 1. The summed E-state index contributed by atoms with van der Waals surface area (Å²) in [6, 6.07) is 19.4. The minimum absolute atomic E-state index is 0.250. The van der Waals surface area contributed by atoms with Crippen molar-refractivity contribution in [2.45, 2.75) is 13.5 Å². The average molecular weight is 420 g/mol. The van der Waals surface area contributed by atoms with Gasteiger partial charge in [-0.2, -0.15) is 0 Å². The van der Waals surface area contributed by atoms with Gasteiger partial charge in [0.05, 0.1) is 25.2 Å². The maximum atomic E-state index is 12.9. The molecule has 0 spiro atoms. The summed E-state index contributed by atoms with van der Waals surface area (Å²) in [6.45, 7) is 2.64. The fourth-order valence-electron chi connectivity index (χ4n) is 3.36. The van der Waals surface area contributed by atoms with Crippen molar-refractivity contribution in [3.63, 3.8) is 0 Å². The van der Waals surface area contributed by atoms with Gasteiger partial charge in [-0.1, -0.05) is 42.5 Å². The Morgan fingerprint density at radius 1 is 0.967 bits per heavy atom. The Kier molecular flexibility index (Phi) is 5.77. The van der Waals surface area contributed by atoms with Crippen LogP contribution in [0.5, 0.6) is 11.5 Å². The van der Waals surface area contributed by atoms with Crippen LogP contribution in [0.25, 0.3) is 16.8 Å². The van der Waals surface area contributed by atoms with Gasteiger partial charge in [0.25, 0.3) is 11.1 Å². The lowest BCUT2D eigenvalue weighted by atomic mass is 10.1. The van der Waals surface area contributed by atoms with Crippen molar-refractivity contribution in [2.24, 2.45) is 0 Å². The highest BCUT2D eigenvalue weighted by Crippen LogP contribution is 2.35. The topological polar surface area (TPSA) is 55.8 Å². The highest BCUT2D eigenvalue weighted by molar-refractivity contribution is 8.18. The van der Waals surface area contributed by atoms with Crippen molar-refractivity contribution in [3.05, 3.63) is 76.7 Å². The summed E-state index contributed by atoms with van der Waals surface area (Å²) >= 11 is 0.955. The molecule has 3 aromatic rings. The highest BCUT2D eigenvalue weighted by atomic mass is 32.2. The Morgan fingerprint density at radius 2 is 1.77 bits per heavy atom. The van der Waals surface area contributed by atoms with E-state index in [-0.39, 0.29) is 17.7 Å². The number of carbonyl (C=O) groups excluding carboxylic acids is 2. The van der Waals surface area contributed by atoms with Crippen LogP contribution in [0.3, 0.4) is 0 Å². The third-order valence-electron chi connectivity index (χ3n) is 4.81. The molecule has 0 saturated carbocycles. The molecule has 1 heterocycles. The number of methoxy groups -OCH3 is 1. The Morgan fingerprint density at radius 3 is 2.53 bits per heavy atom. The minimum Gasteiger partial charge on any atom is -0.493 e. The summed E-state index contributed by atoms with van der Waals surface area (Å²) in [5, 5.41) is 1.94. The number of benzene rings is 3. The number of rotatable bonds is 6. The number of nitrogens with zero attached hydrogens (tertiary/aromatic N) is 1. The quantitative estimate of drug-likeness (QED) is 0.495. The molecular weight excluding hydrogens is 398 g/mol. The fraction of sp³-hybridized carbons (Fsp3) is 0.167. The molecule has 5 nitrogen and oxygen atoms in total. The lowest BCUT2D eigenvalue weighted by Crippen LogP contribution is -2.27. The first kappa shape index (κ1) is 20.0. The lowest BCUT2D eigenvalue weighted by Gasteiger charge is -2.13. The number of fused-ring (bicyclic) bond motifs is 1. The minimum atomic E-state index is -0.285. The van der Waals surface area contributed by atoms with E-state index in [0.29, 0.717) is 23.0 Å². The van der Waals surface area contributed by atoms with E-state index in [1.165, 1.54) is 4.90 Å². The van der Waals surface area contributed by atoms with Gasteiger partial charge in [0.2, 0.25) is 0 Å². The molecule has 0 bridgehead atoms. The van der Waals surface area contributed by atoms with Crippen molar-refractivity contribution >= 4 is 39.8 Å². The van der Waals surface area contributed by atoms with Gasteiger partial charge < -0.3 is 9.47 Å². The van der Waals surface area contributed by atoms with E-state index in [1.807, 2.05) is 55.5 Å². The summed E-state index contributed by atoms with van der Waals surface area (Å²) in [6.07, 6.45) is 1.72. The highest BCUT2D eigenvalue weighted by Gasteiger charge is 2.35. The third kappa shape index (κ3) is 4.04. The van der Waals surface area contributed by atoms with Crippen LogP contribution in [0.2, 0.25) is 0 Å². The molecule has 1 aliphatic rings. The second kappa shape index (κ2) is 8.63. The Balaban J connectivity index is 1.56. The van der Waals surface area contributed by atoms with E-state index in [4.69, 9.17) is 9.47 Å². The number of amides is 2. The molecule has 30 heavy (non-hydrogen) atoms. The largest absolute Gasteiger partial charge is 0.493 e. The molecule has 0 N–H and O–H groups in total. The number of hydrogen-bond acceptors (Lipinski definition) is 5. The van der Waals surface area contributed by atoms with Gasteiger partial charge >= 0.3 is 0 Å². The van der Waals surface area contributed by atoms with Crippen molar-refractivity contribution in [1.82, 2.24) is 4.90 Å². The van der Waals surface area contributed by atoms with Crippen LogP contribution in [-0.4, -0.2) is 29.8 Å². The van der Waals surface area contributed by atoms with Crippen molar-refractivity contribution in [3.8, 4) is 11.5 Å². The van der Waals surface area contributed by atoms with Crippen molar-refractivity contribution in [2.75, 3.05) is 13.7 Å². The van der Waals surface area contributed by atoms with Gasteiger partial charge in [-0.3, -0.25) is 14.5 Å². The van der Waals surface area contributed by atoms with E-state index in [0.717, 1.165) is 33.7 Å². The van der Waals surface area contributed by atoms with E-state index in [9.17, 15) is 9.59 Å². The maximum Gasteiger partial charge on any atom is 0.293 e. The summed E-state index contributed by atoms with van der Waals surface area (Å²) in [4.78, 5) is 27.1. The fourth-order valence-corrected chi connectivity index (χ4v) is 4.20. The van der Waals surface area contributed by atoms with Crippen LogP contribution in [-0.2, 0) is 11.3 Å². The second-order valence-corrected chi connectivity index (χ2v) is 7.79. The predicted octanol–water partition coefficient (Wildman–Crippen LogP) is 5.48. The molecule has 0 aliphatic carbocycles. The zero-order chi connectivity index (χ0) is 21.1. The van der Waals surface area contributed by atoms with Crippen molar-refractivity contribution < 1.29 is 19.1 Å². The molecule has 4 rings (SSSR count). The molecule has 2 amide bonds. The SMILES string of the molecule is CCOc1cc(/C=C2\SC(=O)N(Cc3ccc4ccccc4c3)C2=O)ccc1OC. The van der Waals surface area contributed by atoms with Crippen LogP contribution in [0.1, 0.15) is 18.1 Å². The van der Waals surface area contributed by atoms with Crippen LogP contribution >= 0.6 is 11.8 Å². The molecule has 0 aromatic heterocycles. The zero-order valence-electron chi connectivity index (χ0n) is 16.8. The zero-order valence-corrected chi connectivity index (χ0v) is 17.6. The van der Waals surface area contributed by atoms with E-state index < -0.39 is 0 Å². The summed E-state index contributed by atoms with van der Waals surface area (Å²) in [5.41, 5.74) is 1.69. The Bertz CT molecular complexity index is 1150. The first-order valence-corrected chi connectivity index (χ1v) is 10.4. The molecule has 0 unspecified atom stereocenters. The Hall–Kier alpha value is -3.25. The molecule has 3 aromatic carbocycles. The van der Waals surface area contributed by atoms with Gasteiger partial charge in [-0.25, -0.2) is 0 Å².